The lowest BCUT2D eigenvalue weighted by Crippen LogP contribution is -2.39. The molecule has 0 aliphatic heterocycles. The lowest BCUT2D eigenvalue weighted by Gasteiger charge is -2.17. The van der Waals surface area contributed by atoms with Crippen LogP contribution in [0.4, 0.5) is 5.69 Å². The van der Waals surface area contributed by atoms with Gasteiger partial charge in [0.25, 0.3) is 0 Å². The third-order valence-corrected chi connectivity index (χ3v) is 4.46. The van der Waals surface area contributed by atoms with Gasteiger partial charge in [0.2, 0.25) is 0 Å². The molecule has 0 aromatic heterocycles. The number of thiocarbonyl (C=S) groups is 1. The molecule has 124 valence electrons. The van der Waals surface area contributed by atoms with Crippen LogP contribution in [-0.4, -0.2) is 5.11 Å². The molecule has 2 aromatic carbocycles. The Hall–Kier alpha value is -2.33. The predicted molar refractivity (Wildman–Crippen MR) is 106 cm³/mol. The van der Waals surface area contributed by atoms with Crippen molar-refractivity contribution in [3.05, 3.63) is 70.8 Å². The summed E-state index contributed by atoms with van der Waals surface area (Å²) >= 11 is 5.43. The molecular weight excluding hydrogens is 314 g/mol. The molecule has 0 unspecified atom stereocenters. The summed E-state index contributed by atoms with van der Waals surface area (Å²) < 4.78 is 0. The minimum absolute atomic E-state index is 0.561. The normalized spacial score (nSPS) is 13.3. The van der Waals surface area contributed by atoms with Gasteiger partial charge in [-0.1, -0.05) is 42.5 Å². The highest BCUT2D eigenvalue weighted by molar-refractivity contribution is 7.80. The molecule has 4 heteroatoms. The van der Waals surface area contributed by atoms with Gasteiger partial charge in [-0.15, -0.1) is 0 Å². The quantitative estimate of drug-likeness (QED) is 0.570. The second-order valence-electron chi connectivity index (χ2n) is 6.19. The first-order chi connectivity index (χ1) is 11.6. The second-order valence-corrected chi connectivity index (χ2v) is 6.60. The van der Waals surface area contributed by atoms with Crippen molar-refractivity contribution in [3.8, 4) is 0 Å². The van der Waals surface area contributed by atoms with Crippen molar-refractivity contribution in [2.75, 3.05) is 5.32 Å². The van der Waals surface area contributed by atoms with Crippen LogP contribution in [0.3, 0.4) is 0 Å². The van der Waals surface area contributed by atoms with E-state index in [0.717, 1.165) is 24.2 Å². The monoisotopic (exact) mass is 337 g/mol. The number of aryl methyl sites for hydroxylation is 3. The molecule has 24 heavy (non-hydrogen) atoms. The van der Waals surface area contributed by atoms with Crippen molar-refractivity contribution in [2.45, 2.75) is 33.1 Å². The molecule has 1 aliphatic rings. The Labute approximate surface area is 149 Å². The Morgan fingerprint density at radius 1 is 1.08 bits per heavy atom. The van der Waals surface area contributed by atoms with Crippen molar-refractivity contribution in [1.29, 1.82) is 0 Å². The van der Waals surface area contributed by atoms with Gasteiger partial charge < -0.3 is 5.32 Å². The number of hydrogen-bond acceptors (Lipinski definition) is 2. The van der Waals surface area contributed by atoms with Gasteiger partial charge in [-0.05, 0) is 68.1 Å². The predicted octanol–water partition coefficient (Wildman–Crippen LogP) is 4.47. The first kappa shape index (κ1) is 16.5. The van der Waals surface area contributed by atoms with E-state index in [2.05, 4.69) is 78.6 Å². The van der Waals surface area contributed by atoms with Crippen LogP contribution in [0.2, 0.25) is 0 Å². The van der Waals surface area contributed by atoms with Crippen LogP contribution in [0.1, 0.15) is 35.1 Å². The number of benzene rings is 2. The third-order valence-electron chi connectivity index (χ3n) is 4.26. The summed E-state index contributed by atoms with van der Waals surface area (Å²) in [5.74, 6) is 0. The molecule has 3 nitrogen and oxygen atoms in total. The van der Waals surface area contributed by atoms with Gasteiger partial charge in [0.15, 0.2) is 5.11 Å². The Kier molecular flexibility index (Phi) is 5.16. The maximum Gasteiger partial charge on any atom is 0.189 e. The molecule has 2 aromatic rings. The van der Waals surface area contributed by atoms with Gasteiger partial charge in [0.05, 0.1) is 5.70 Å². The Morgan fingerprint density at radius 2 is 1.92 bits per heavy atom. The highest BCUT2D eigenvalue weighted by atomic mass is 32.1. The van der Waals surface area contributed by atoms with E-state index in [0.29, 0.717) is 5.11 Å². The number of hydrazine groups is 1. The number of hydrogen-bond donors (Lipinski definition) is 3. The highest BCUT2D eigenvalue weighted by Crippen LogP contribution is 2.23. The van der Waals surface area contributed by atoms with Gasteiger partial charge in [-0.3, -0.25) is 10.9 Å². The molecule has 0 saturated heterocycles. The summed E-state index contributed by atoms with van der Waals surface area (Å²) in [4.78, 5) is 0. The van der Waals surface area contributed by atoms with Crippen molar-refractivity contribution in [3.63, 3.8) is 0 Å². The molecule has 0 radical (unpaired) electrons. The maximum absolute atomic E-state index is 5.43. The van der Waals surface area contributed by atoms with Crippen LogP contribution < -0.4 is 16.2 Å². The van der Waals surface area contributed by atoms with Crippen LogP contribution in [0.15, 0.2) is 48.5 Å². The summed E-state index contributed by atoms with van der Waals surface area (Å²) in [6.45, 7) is 4.15. The lowest BCUT2D eigenvalue weighted by molar-refractivity contribution is 0.839. The topological polar surface area (TPSA) is 36.1 Å². The van der Waals surface area contributed by atoms with Gasteiger partial charge in [0.1, 0.15) is 0 Å². The number of allylic oxidation sites excluding steroid dienone is 1. The summed E-state index contributed by atoms with van der Waals surface area (Å²) in [5.41, 5.74) is 13.5. The Balaban J connectivity index is 1.66. The third kappa shape index (κ3) is 3.95. The van der Waals surface area contributed by atoms with Gasteiger partial charge >= 0.3 is 0 Å². The molecule has 0 amide bonds. The molecule has 0 atom stereocenters. The van der Waals surface area contributed by atoms with E-state index >= 15 is 0 Å². The lowest BCUT2D eigenvalue weighted by atomic mass is 10.0. The van der Waals surface area contributed by atoms with Crippen molar-refractivity contribution < 1.29 is 0 Å². The highest BCUT2D eigenvalue weighted by Gasteiger charge is 2.11. The number of rotatable bonds is 3. The standard InChI is InChI=1S/C20H23N3S/c1-14-11-12-15(2)19(13-14)21-20(24)23-22-18-10-6-4-8-16-7-3-5-9-17(16)18/h3,5,7,9-13,22H,4,6,8H2,1-2H3,(H2,21,23,24). The van der Waals surface area contributed by atoms with Crippen LogP contribution >= 0.6 is 12.2 Å². The average Bonchev–Trinajstić information content (AvgIpc) is 2.78. The molecule has 1 aliphatic carbocycles. The molecule has 0 saturated carbocycles. The van der Waals surface area contributed by atoms with Crippen molar-refractivity contribution in [2.24, 2.45) is 0 Å². The van der Waals surface area contributed by atoms with E-state index < -0.39 is 0 Å². The number of nitrogens with one attached hydrogen (secondary N) is 3. The molecular formula is C20H23N3S. The average molecular weight is 337 g/mol. The van der Waals surface area contributed by atoms with E-state index in [1.54, 1.807) is 0 Å². The minimum atomic E-state index is 0.561. The zero-order chi connectivity index (χ0) is 16.9. The Morgan fingerprint density at radius 3 is 2.79 bits per heavy atom. The fraction of sp³-hybridized carbons (Fsp3) is 0.250. The molecule has 3 rings (SSSR count). The van der Waals surface area contributed by atoms with E-state index in [-0.39, 0.29) is 0 Å². The largest absolute Gasteiger partial charge is 0.331 e. The molecule has 0 spiro atoms. The number of fused-ring (bicyclic) bond motifs is 1. The summed E-state index contributed by atoms with van der Waals surface area (Å²) in [6, 6.07) is 14.8. The van der Waals surface area contributed by atoms with Crippen LogP contribution in [0.5, 0.6) is 0 Å². The van der Waals surface area contributed by atoms with Crippen molar-refractivity contribution >= 4 is 28.7 Å². The van der Waals surface area contributed by atoms with E-state index in [1.165, 1.54) is 28.7 Å². The minimum Gasteiger partial charge on any atom is -0.331 e. The first-order valence-corrected chi connectivity index (χ1v) is 8.73. The molecule has 0 heterocycles. The van der Waals surface area contributed by atoms with E-state index in [9.17, 15) is 0 Å². The number of anilines is 1. The van der Waals surface area contributed by atoms with Crippen molar-refractivity contribution in [1.82, 2.24) is 10.9 Å². The van der Waals surface area contributed by atoms with Gasteiger partial charge in [0, 0.05) is 11.3 Å². The Bertz CT molecular complexity index is 780. The van der Waals surface area contributed by atoms with Crippen LogP contribution in [-0.2, 0) is 6.42 Å². The van der Waals surface area contributed by atoms with Crippen LogP contribution in [0.25, 0.3) is 5.70 Å². The van der Waals surface area contributed by atoms with Crippen LogP contribution in [0, 0.1) is 13.8 Å². The smallest absolute Gasteiger partial charge is 0.189 e. The zero-order valence-electron chi connectivity index (χ0n) is 14.1. The molecule has 3 N–H and O–H groups in total. The zero-order valence-corrected chi connectivity index (χ0v) is 15.0. The van der Waals surface area contributed by atoms with Gasteiger partial charge in [-0.25, -0.2) is 0 Å². The summed E-state index contributed by atoms with van der Waals surface area (Å²) in [6.07, 6.45) is 5.59. The molecule has 0 fully saturated rings. The van der Waals surface area contributed by atoms with E-state index in [4.69, 9.17) is 12.2 Å². The maximum atomic E-state index is 5.43. The van der Waals surface area contributed by atoms with E-state index in [1.807, 2.05) is 0 Å². The first-order valence-electron chi connectivity index (χ1n) is 8.32. The SMILES string of the molecule is Cc1ccc(C)c(NC(=S)NNC2=CCCCc3ccccc32)c1. The van der Waals surface area contributed by atoms with Gasteiger partial charge in [-0.2, -0.15) is 0 Å². The summed E-state index contributed by atoms with van der Waals surface area (Å²) in [5, 5.41) is 3.82. The fourth-order valence-corrected chi connectivity index (χ4v) is 3.08. The fourth-order valence-electron chi connectivity index (χ4n) is 2.92. The molecule has 0 bridgehead atoms. The second kappa shape index (κ2) is 7.49. The summed E-state index contributed by atoms with van der Waals surface area (Å²) in [7, 11) is 0.